The number of ether oxygens (including phenoxy) is 1. The van der Waals surface area contributed by atoms with Crippen LogP contribution < -0.4 is 15.0 Å². The third-order valence-electron chi connectivity index (χ3n) is 7.58. The van der Waals surface area contributed by atoms with Gasteiger partial charge in [0.25, 0.3) is 0 Å². The predicted molar refractivity (Wildman–Crippen MR) is 129 cm³/mol. The first-order chi connectivity index (χ1) is 16.6. The van der Waals surface area contributed by atoms with Crippen LogP contribution in [0.1, 0.15) is 56.6 Å². The van der Waals surface area contributed by atoms with E-state index in [0.717, 1.165) is 56.6 Å². The molecule has 0 bridgehead atoms. The molecular weight excluding hydrogens is 431 g/mol. The number of anilines is 1. The highest BCUT2D eigenvalue weighted by Crippen LogP contribution is 2.49. The summed E-state index contributed by atoms with van der Waals surface area (Å²) in [6.07, 6.45) is 11.7. The van der Waals surface area contributed by atoms with E-state index in [1.165, 1.54) is 30.9 Å². The number of piperidine rings is 1. The van der Waals surface area contributed by atoms with Crippen molar-refractivity contribution in [1.82, 2.24) is 15.3 Å². The van der Waals surface area contributed by atoms with E-state index in [9.17, 15) is 9.18 Å². The van der Waals surface area contributed by atoms with Gasteiger partial charge in [0.1, 0.15) is 11.6 Å². The van der Waals surface area contributed by atoms with Crippen LogP contribution in [0.15, 0.2) is 30.6 Å². The van der Waals surface area contributed by atoms with E-state index in [1.807, 2.05) is 12.4 Å². The number of halogens is 1. The van der Waals surface area contributed by atoms with Crippen molar-refractivity contribution in [1.29, 1.82) is 0 Å². The average Bonchev–Trinajstić information content (AvgIpc) is 3.78. The van der Waals surface area contributed by atoms with Crippen LogP contribution in [0.5, 0.6) is 5.75 Å². The molecular formula is C27H35FN4O2. The van der Waals surface area contributed by atoms with Crippen molar-refractivity contribution in [3.63, 3.8) is 0 Å². The predicted octanol–water partition coefficient (Wildman–Crippen LogP) is 4.32. The molecule has 1 saturated heterocycles. The van der Waals surface area contributed by atoms with E-state index in [2.05, 4.69) is 27.1 Å². The molecule has 1 aromatic heterocycles. The zero-order chi connectivity index (χ0) is 23.5. The summed E-state index contributed by atoms with van der Waals surface area (Å²) < 4.78 is 20.2. The Morgan fingerprint density at radius 1 is 1.18 bits per heavy atom. The fourth-order valence-corrected chi connectivity index (χ4v) is 5.17. The smallest absolute Gasteiger partial charge is 0.225 e. The molecule has 5 rings (SSSR count). The summed E-state index contributed by atoms with van der Waals surface area (Å²) in [6, 6.07) is 5.15. The minimum Gasteiger partial charge on any atom is -0.493 e. The topological polar surface area (TPSA) is 67.4 Å². The van der Waals surface area contributed by atoms with Crippen LogP contribution in [0, 0.1) is 23.6 Å². The molecule has 182 valence electrons. The maximum absolute atomic E-state index is 14.4. The molecule has 2 aromatic rings. The Hall–Kier alpha value is -2.70. The second kappa shape index (κ2) is 10.3. The number of carbonyl (C=O) groups is 1. The van der Waals surface area contributed by atoms with Crippen molar-refractivity contribution in [2.75, 3.05) is 24.6 Å². The van der Waals surface area contributed by atoms with Gasteiger partial charge in [-0.15, -0.1) is 0 Å². The van der Waals surface area contributed by atoms with Gasteiger partial charge in [0, 0.05) is 37.6 Å². The lowest BCUT2D eigenvalue weighted by Gasteiger charge is -2.32. The largest absolute Gasteiger partial charge is 0.493 e. The summed E-state index contributed by atoms with van der Waals surface area (Å²) in [5.74, 6) is 3.21. The van der Waals surface area contributed by atoms with Crippen LogP contribution in [0.3, 0.4) is 0 Å². The zero-order valence-electron chi connectivity index (χ0n) is 20.0. The molecule has 2 aliphatic carbocycles. The Morgan fingerprint density at radius 2 is 1.94 bits per heavy atom. The molecule has 1 N–H and O–H groups in total. The average molecular weight is 467 g/mol. The quantitative estimate of drug-likeness (QED) is 0.565. The Labute approximate surface area is 201 Å². The van der Waals surface area contributed by atoms with E-state index >= 15 is 0 Å². The van der Waals surface area contributed by atoms with Crippen LogP contribution in [-0.2, 0) is 17.6 Å². The van der Waals surface area contributed by atoms with Gasteiger partial charge in [0.15, 0.2) is 0 Å². The highest BCUT2D eigenvalue weighted by molar-refractivity contribution is 5.79. The van der Waals surface area contributed by atoms with E-state index in [1.54, 1.807) is 12.1 Å². The van der Waals surface area contributed by atoms with Gasteiger partial charge in [0.05, 0.1) is 13.0 Å². The molecule has 7 heteroatoms. The van der Waals surface area contributed by atoms with Gasteiger partial charge in [0.2, 0.25) is 11.9 Å². The fourth-order valence-electron chi connectivity index (χ4n) is 5.17. The molecule has 1 aliphatic heterocycles. The number of rotatable bonds is 10. The molecule has 2 saturated carbocycles. The molecule has 6 nitrogen and oxygen atoms in total. The fraction of sp³-hybridized carbons (Fsp3) is 0.593. The number of nitrogens with zero attached hydrogens (tertiary/aromatic N) is 3. The first-order valence-electron chi connectivity index (χ1n) is 12.9. The van der Waals surface area contributed by atoms with Gasteiger partial charge in [-0.05, 0) is 79.9 Å². The lowest BCUT2D eigenvalue weighted by Crippen LogP contribution is -2.35. The van der Waals surface area contributed by atoms with E-state index < -0.39 is 0 Å². The summed E-state index contributed by atoms with van der Waals surface area (Å²) >= 11 is 0. The molecule has 1 aromatic carbocycles. The molecule has 0 radical (unpaired) electrons. The molecule has 1 amide bonds. The second-order valence-corrected chi connectivity index (χ2v) is 10.1. The molecule has 0 spiro atoms. The number of aromatic nitrogens is 2. The number of amides is 1. The third kappa shape index (κ3) is 5.86. The summed E-state index contributed by atoms with van der Waals surface area (Å²) in [7, 11) is 0. The van der Waals surface area contributed by atoms with Crippen molar-refractivity contribution < 1.29 is 13.9 Å². The summed E-state index contributed by atoms with van der Waals surface area (Å²) in [6.45, 7) is 4.78. The molecule has 2 heterocycles. The van der Waals surface area contributed by atoms with Crippen LogP contribution in [0.2, 0.25) is 0 Å². The Morgan fingerprint density at radius 3 is 2.62 bits per heavy atom. The van der Waals surface area contributed by atoms with Crippen LogP contribution in [0.25, 0.3) is 0 Å². The second-order valence-electron chi connectivity index (χ2n) is 10.1. The van der Waals surface area contributed by atoms with E-state index in [0.29, 0.717) is 29.9 Å². The van der Waals surface area contributed by atoms with Crippen LogP contribution in [-0.4, -0.2) is 41.6 Å². The number of hydrogen-bond acceptors (Lipinski definition) is 5. The van der Waals surface area contributed by atoms with Crippen molar-refractivity contribution in [3.05, 3.63) is 47.5 Å². The number of aryl methyl sites for hydroxylation is 1. The number of nitrogens with one attached hydrogen (secondary N) is 1. The van der Waals surface area contributed by atoms with E-state index in [4.69, 9.17) is 4.74 Å². The van der Waals surface area contributed by atoms with Crippen molar-refractivity contribution in [3.8, 4) is 5.75 Å². The number of hydrogen-bond donors (Lipinski definition) is 1. The number of carbonyl (C=O) groups excluding carboxylic acids is 1. The SMILES string of the molecule is CCc1cnc(N2CCC(C3CC3CCOc3ccc(CC(=O)NC4CC4)c(F)c3)CC2)nc1. The minimum atomic E-state index is -0.368. The summed E-state index contributed by atoms with van der Waals surface area (Å²) in [4.78, 5) is 23.3. The van der Waals surface area contributed by atoms with Crippen molar-refractivity contribution in [2.45, 2.75) is 64.3 Å². The summed E-state index contributed by atoms with van der Waals surface area (Å²) in [5, 5.41) is 2.90. The number of benzene rings is 1. The molecule has 34 heavy (non-hydrogen) atoms. The zero-order valence-corrected chi connectivity index (χ0v) is 20.0. The normalized spacial score (nSPS) is 22.5. The van der Waals surface area contributed by atoms with Gasteiger partial charge in [-0.3, -0.25) is 4.79 Å². The van der Waals surface area contributed by atoms with E-state index in [-0.39, 0.29) is 18.1 Å². The Kier molecular flexibility index (Phi) is 6.97. The monoisotopic (exact) mass is 466 g/mol. The van der Waals surface area contributed by atoms with Gasteiger partial charge in [-0.25, -0.2) is 14.4 Å². The third-order valence-corrected chi connectivity index (χ3v) is 7.58. The lowest BCUT2D eigenvalue weighted by atomic mass is 9.90. The maximum atomic E-state index is 14.4. The van der Waals surface area contributed by atoms with Crippen molar-refractivity contribution >= 4 is 11.9 Å². The van der Waals surface area contributed by atoms with Gasteiger partial charge >= 0.3 is 0 Å². The maximum Gasteiger partial charge on any atom is 0.225 e. The van der Waals surface area contributed by atoms with Gasteiger partial charge < -0.3 is 15.0 Å². The minimum absolute atomic E-state index is 0.0847. The summed E-state index contributed by atoms with van der Waals surface area (Å²) in [5.41, 5.74) is 1.60. The van der Waals surface area contributed by atoms with Crippen molar-refractivity contribution in [2.24, 2.45) is 17.8 Å². The highest BCUT2D eigenvalue weighted by atomic mass is 19.1. The Balaban J connectivity index is 1.01. The molecule has 3 aliphatic rings. The highest BCUT2D eigenvalue weighted by Gasteiger charge is 2.43. The standard InChI is InChI=1S/C27H35FN4O2/c1-2-18-16-29-27(30-17-18)32-10-7-19(8-11-32)24-13-20(24)9-12-34-23-6-3-21(25(28)15-23)14-26(33)31-22-4-5-22/h3,6,15-17,19-20,22,24H,2,4-5,7-14H2,1H3,(H,31,33). The van der Waals surface area contributed by atoms with Gasteiger partial charge in [-0.1, -0.05) is 13.0 Å². The van der Waals surface area contributed by atoms with Crippen LogP contribution in [0.4, 0.5) is 10.3 Å². The first kappa shape index (κ1) is 23.1. The molecule has 3 fully saturated rings. The molecule has 2 atom stereocenters. The Bertz CT molecular complexity index is 987. The van der Waals surface area contributed by atoms with Crippen LogP contribution >= 0.6 is 0 Å². The lowest BCUT2D eigenvalue weighted by molar-refractivity contribution is -0.120. The first-order valence-corrected chi connectivity index (χ1v) is 12.9. The molecule has 2 unspecified atom stereocenters. The van der Waals surface area contributed by atoms with Gasteiger partial charge in [-0.2, -0.15) is 0 Å².